The number of rotatable bonds is 6. The van der Waals surface area contributed by atoms with E-state index in [1.807, 2.05) is 37.3 Å². The van der Waals surface area contributed by atoms with Gasteiger partial charge < -0.3 is 5.32 Å². The number of terminal acetylenes is 1. The van der Waals surface area contributed by atoms with Crippen molar-refractivity contribution in [1.82, 2.24) is 5.32 Å². The molecule has 1 amide bonds. The molecule has 1 atom stereocenters. The van der Waals surface area contributed by atoms with Crippen LogP contribution in [0.15, 0.2) is 30.3 Å². The molecule has 1 aromatic rings. The highest BCUT2D eigenvalue weighted by molar-refractivity contribution is 5.83. The van der Waals surface area contributed by atoms with E-state index in [2.05, 4.69) is 11.2 Å². The molecule has 0 fully saturated rings. The molecule has 1 aromatic carbocycles. The Morgan fingerprint density at radius 3 is 2.71 bits per heavy atom. The van der Waals surface area contributed by atoms with E-state index in [1.54, 1.807) is 0 Å². The van der Waals surface area contributed by atoms with Crippen LogP contribution in [-0.4, -0.2) is 12.5 Å². The first-order chi connectivity index (χ1) is 8.25. The van der Waals surface area contributed by atoms with Crippen LogP contribution in [0.3, 0.4) is 0 Å². The summed E-state index contributed by atoms with van der Waals surface area (Å²) in [5, 5.41) is 2.93. The van der Waals surface area contributed by atoms with Crippen LogP contribution in [0.25, 0.3) is 0 Å². The van der Waals surface area contributed by atoms with Crippen molar-refractivity contribution in [3.05, 3.63) is 35.9 Å². The number of carbonyl (C=O) groups is 1. The summed E-state index contributed by atoms with van der Waals surface area (Å²) < 4.78 is 0. The van der Waals surface area contributed by atoms with Gasteiger partial charge in [0.15, 0.2) is 0 Å². The summed E-state index contributed by atoms with van der Waals surface area (Å²) >= 11 is 0. The molecule has 2 nitrogen and oxygen atoms in total. The van der Waals surface area contributed by atoms with Gasteiger partial charge >= 0.3 is 0 Å². The molecule has 0 saturated carbocycles. The number of hydrogen-bond acceptors (Lipinski definition) is 1. The predicted molar refractivity (Wildman–Crippen MR) is 70.6 cm³/mol. The second-order valence-electron chi connectivity index (χ2n) is 4.08. The number of benzene rings is 1. The van der Waals surface area contributed by atoms with E-state index in [-0.39, 0.29) is 11.8 Å². The number of hydrogen-bond donors (Lipinski definition) is 1. The van der Waals surface area contributed by atoms with E-state index in [1.165, 1.54) is 0 Å². The fraction of sp³-hybridized carbons (Fsp3) is 0.400. The molecule has 0 aromatic heterocycles. The maximum absolute atomic E-state index is 11.8. The minimum Gasteiger partial charge on any atom is -0.356 e. The van der Waals surface area contributed by atoms with Crippen molar-refractivity contribution in [3.63, 3.8) is 0 Å². The van der Waals surface area contributed by atoms with Gasteiger partial charge in [0, 0.05) is 13.0 Å². The van der Waals surface area contributed by atoms with E-state index in [9.17, 15) is 4.79 Å². The number of amides is 1. The minimum absolute atomic E-state index is 0.0805. The smallest absolute Gasteiger partial charge is 0.227 e. The molecule has 1 N–H and O–H groups in total. The Kier molecular flexibility index (Phi) is 5.88. The molecular formula is C15H19NO. The van der Waals surface area contributed by atoms with Crippen LogP contribution < -0.4 is 5.32 Å². The molecule has 0 aliphatic heterocycles. The number of unbranched alkanes of at least 4 members (excludes halogenated alkanes) is 2. The fourth-order valence-corrected chi connectivity index (χ4v) is 1.61. The summed E-state index contributed by atoms with van der Waals surface area (Å²) in [7, 11) is 0. The molecule has 0 spiro atoms. The average Bonchev–Trinajstić information content (AvgIpc) is 2.38. The van der Waals surface area contributed by atoms with Crippen LogP contribution in [0.1, 0.15) is 37.7 Å². The van der Waals surface area contributed by atoms with Gasteiger partial charge in [0.2, 0.25) is 5.91 Å². The molecular weight excluding hydrogens is 210 g/mol. The molecule has 90 valence electrons. The van der Waals surface area contributed by atoms with Gasteiger partial charge in [0.05, 0.1) is 5.92 Å². The third-order valence-electron chi connectivity index (χ3n) is 2.74. The Morgan fingerprint density at radius 1 is 1.35 bits per heavy atom. The van der Waals surface area contributed by atoms with Gasteiger partial charge in [-0.25, -0.2) is 0 Å². The van der Waals surface area contributed by atoms with Gasteiger partial charge in [-0.2, -0.15) is 0 Å². The zero-order valence-electron chi connectivity index (χ0n) is 10.3. The van der Waals surface area contributed by atoms with Crippen LogP contribution >= 0.6 is 0 Å². The lowest BCUT2D eigenvalue weighted by molar-refractivity contribution is -0.122. The van der Waals surface area contributed by atoms with Crippen molar-refractivity contribution in [2.45, 2.75) is 32.1 Å². The third-order valence-corrected chi connectivity index (χ3v) is 2.74. The molecule has 0 saturated heterocycles. The van der Waals surface area contributed by atoms with Crippen molar-refractivity contribution >= 4 is 5.91 Å². The summed E-state index contributed by atoms with van der Waals surface area (Å²) in [6.45, 7) is 2.63. The summed E-state index contributed by atoms with van der Waals surface area (Å²) in [5.74, 6) is 2.58. The van der Waals surface area contributed by atoms with E-state index in [0.29, 0.717) is 6.54 Å². The van der Waals surface area contributed by atoms with E-state index < -0.39 is 0 Å². The Bertz CT molecular complexity index is 378. The SMILES string of the molecule is C#CCCCCNC(=O)C(C)c1ccccc1. The monoisotopic (exact) mass is 229 g/mol. The standard InChI is InChI=1S/C15H19NO/c1-3-4-5-9-12-16-15(17)13(2)14-10-7-6-8-11-14/h1,6-8,10-11,13H,4-5,9,12H2,2H3,(H,16,17). The summed E-state index contributed by atoms with van der Waals surface area (Å²) in [4.78, 5) is 11.8. The van der Waals surface area contributed by atoms with Gasteiger partial charge in [-0.1, -0.05) is 30.3 Å². The first-order valence-corrected chi connectivity index (χ1v) is 6.02. The fourth-order valence-electron chi connectivity index (χ4n) is 1.61. The number of carbonyl (C=O) groups excluding carboxylic acids is 1. The molecule has 0 radical (unpaired) electrons. The van der Waals surface area contributed by atoms with Crippen LogP contribution in [0.4, 0.5) is 0 Å². The van der Waals surface area contributed by atoms with E-state index >= 15 is 0 Å². The topological polar surface area (TPSA) is 29.1 Å². The summed E-state index contributed by atoms with van der Waals surface area (Å²) in [5.41, 5.74) is 1.05. The van der Waals surface area contributed by atoms with Crippen molar-refractivity contribution in [1.29, 1.82) is 0 Å². The third kappa shape index (κ3) is 4.74. The van der Waals surface area contributed by atoms with Crippen molar-refractivity contribution in [2.75, 3.05) is 6.54 Å². The lowest BCUT2D eigenvalue weighted by Crippen LogP contribution is -2.28. The van der Waals surface area contributed by atoms with Crippen LogP contribution in [0, 0.1) is 12.3 Å². The Morgan fingerprint density at radius 2 is 2.06 bits per heavy atom. The molecule has 1 unspecified atom stereocenters. The zero-order chi connectivity index (χ0) is 12.5. The molecule has 0 aliphatic carbocycles. The minimum atomic E-state index is -0.0937. The largest absolute Gasteiger partial charge is 0.356 e. The Labute approximate surface area is 103 Å². The highest BCUT2D eigenvalue weighted by Crippen LogP contribution is 2.14. The molecule has 0 aliphatic rings. The second kappa shape index (κ2) is 7.51. The predicted octanol–water partition coefficient (Wildman–Crippen LogP) is 2.71. The van der Waals surface area contributed by atoms with Gasteiger partial charge in [-0.05, 0) is 25.3 Å². The first-order valence-electron chi connectivity index (χ1n) is 6.02. The van der Waals surface area contributed by atoms with Gasteiger partial charge in [-0.15, -0.1) is 12.3 Å². The van der Waals surface area contributed by atoms with Crippen molar-refractivity contribution in [3.8, 4) is 12.3 Å². The zero-order valence-corrected chi connectivity index (χ0v) is 10.3. The van der Waals surface area contributed by atoms with Crippen molar-refractivity contribution in [2.24, 2.45) is 0 Å². The maximum Gasteiger partial charge on any atom is 0.227 e. The molecule has 0 bridgehead atoms. The van der Waals surface area contributed by atoms with Crippen LogP contribution in [-0.2, 0) is 4.79 Å². The van der Waals surface area contributed by atoms with Crippen LogP contribution in [0.2, 0.25) is 0 Å². The first kappa shape index (κ1) is 13.3. The van der Waals surface area contributed by atoms with Gasteiger partial charge in [-0.3, -0.25) is 4.79 Å². The van der Waals surface area contributed by atoms with Crippen LogP contribution in [0.5, 0.6) is 0 Å². The lowest BCUT2D eigenvalue weighted by atomic mass is 10.0. The average molecular weight is 229 g/mol. The lowest BCUT2D eigenvalue weighted by Gasteiger charge is -2.12. The summed E-state index contributed by atoms with van der Waals surface area (Å²) in [6.07, 6.45) is 7.85. The maximum atomic E-state index is 11.8. The molecule has 17 heavy (non-hydrogen) atoms. The molecule has 2 heteroatoms. The molecule has 1 rings (SSSR count). The van der Waals surface area contributed by atoms with E-state index in [4.69, 9.17) is 6.42 Å². The normalized spacial score (nSPS) is 11.5. The van der Waals surface area contributed by atoms with Gasteiger partial charge in [0.1, 0.15) is 0 Å². The highest BCUT2D eigenvalue weighted by Gasteiger charge is 2.13. The van der Waals surface area contributed by atoms with Gasteiger partial charge in [0.25, 0.3) is 0 Å². The van der Waals surface area contributed by atoms with E-state index in [0.717, 1.165) is 24.8 Å². The quantitative estimate of drug-likeness (QED) is 0.590. The number of nitrogens with one attached hydrogen (secondary N) is 1. The van der Waals surface area contributed by atoms with Crippen molar-refractivity contribution < 1.29 is 4.79 Å². The molecule has 0 heterocycles. The highest BCUT2D eigenvalue weighted by atomic mass is 16.1. The Balaban J connectivity index is 2.31. The Hall–Kier alpha value is -1.75. The summed E-state index contributed by atoms with van der Waals surface area (Å²) in [6, 6.07) is 9.80. The second-order valence-corrected chi connectivity index (χ2v) is 4.08.